The molecule has 0 fully saturated rings. The van der Waals surface area contributed by atoms with Gasteiger partial charge in [-0.1, -0.05) is 42.5 Å². The molecule has 3 aromatic rings. The predicted molar refractivity (Wildman–Crippen MR) is 118 cm³/mol. The van der Waals surface area contributed by atoms with Crippen LogP contribution in [0.1, 0.15) is 30.4 Å². The van der Waals surface area contributed by atoms with Crippen LogP contribution >= 0.6 is 11.8 Å². The Morgan fingerprint density at radius 1 is 1.10 bits per heavy atom. The standard InChI is InChI=1S/C24H23NO3S/c1-3-28-23(27)15-25-21-13-10-16-6-4-5-7-19(16)24(21)20(14-22(25)26)17-8-11-18(29-2)12-9-17/h4-13,20H,3,14-15H2,1-2H3. The van der Waals surface area contributed by atoms with Crippen molar-refractivity contribution in [1.29, 1.82) is 0 Å². The van der Waals surface area contributed by atoms with E-state index in [1.807, 2.05) is 24.3 Å². The fourth-order valence-corrected chi connectivity index (χ4v) is 4.44. The van der Waals surface area contributed by atoms with Gasteiger partial charge >= 0.3 is 5.97 Å². The molecule has 1 amide bonds. The molecule has 148 valence electrons. The van der Waals surface area contributed by atoms with E-state index in [1.54, 1.807) is 23.6 Å². The zero-order valence-electron chi connectivity index (χ0n) is 16.6. The van der Waals surface area contributed by atoms with Crippen molar-refractivity contribution in [2.24, 2.45) is 0 Å². The molecule has 0 aliphatic carbocycles. The van der Waals surface area contributed by atoms with Crippen LogP contribution in [0.2, 0.25) is 0 Å². The second kappa shape index (κ2) is 8.29. The highest BCUT2D eigenvalue weighted by Crippen LogP contribution is 2.44. The summed E-state index contributed by atoms with van der Waals surface area (Å²) in [6.45, 7) is 2.01. The molecule has 0 aromatic heterocycles. The molecule has 5 heteroatoms. The molecule has 4 nitrogen and oxygen atoms in total. The predicted octanol–water partition coefficient (Wildman–Crippen LogP) is 4.99. The van der Waals surface area contributed by atoms with Crippen LogP contribution in [-0.4, -0.2) is 31.3 Å². The third-order valence-electron chi connectivity index (χ3n) is 5.38. The average molecular weight is 406 g/mol. The Hall–Kier alpha value is -2.79. The SMILES string of the molecule is CCOC(=O)CN1C(=O)CC(c2ccc(SC)cc2)c2c1ccc1ccccc21. The van der Waals surface area contributed by atoms with Crippen LogP contribution in [0.4, 0.5) is 5.69 Å². The van der Waals surface area contributed by atoms with E-state index in [2.05, 4.69) is 42.7 Å². The van der Waals surface area contributed by atoms with Gasteiger partial charge < -0.3 is 9.64 Å². The number of anilines is 1. The van der Waals surface area contributed by atoms with Gasteiger partial charge in [-0.2, -0.15) is 0 Å². The molecule has 1 aliphatic rings. The molecule has 29 heavy (non-hydrogen) atoms. The third kappa shape index (κ3) is 3.75. The maximum Gasteiger partial charge on any atom is 0.326 e. The van der Waals surface area contributed by atoms with E-state index in [4.69, 9.17) is 4.74 Å². The Morgan fingerprint density at radius 2 is 1.86 bits per heavy atom. The first-order valence-electron chi connectivity index (χ1n) is 9.74. The second-order valence-electron chi connectivity index (χ2n) is 7.03. The lowest BCUT2D eigenvalue weighted by molar-refractivity contribution is -0.142. The summed E-state index contributed by atoms with van der Waals surface area (Å²) in [5, 5.41) is 2.24. The van der Waals surface area contributed by atoms with Crippen molar-refractivity contribution in [3.8, 4) is 0 Å². The number of thioether (sulfide) groups is 1. The third-order valence-corrected chi connectivity index (χ3v) is 6.12. The maximum atomic E-state index is 13.1. The van der Waals surface area contributed by atoms with E-state index in [0.717, 1.165) is 27.6 Å². The van der Waals surface area contributed by atoms with Crippen LogP contribution in [-0.2, 0) is 14.3 Å². The van der Waals surface area contributed by atoms with Crippen LogP contribution in [0.3, 0.4) is 0 Å². The van der Waals surface area contributed by atoms with E-state index in [9.17, 15) is 9.59 Å². The highest BCUT2D eigenvalue weighted by atomic mass is 32.2. The zero-order valence-corrected chi connectivity index (χ0v) is 17.4. The summed E-state index contributed by atoms with van der Waals surface area (Å²) in [6.07, 6.45) is 2.38. The van der Waals surface area contributed by atoms with Crippen LogP contribution in [0.5, 0.6) is 0 Å². The van der Waals surface area contributed by atoms with Crippen molar-refractivity contribution < 1.29 is 14.3 Å². The van der Waals surface area contributed by atoms with E-state index < -0.39 is 0 Å². The summed E-state index contributed by atoms with van der Waals surface area (Å²) in [5.41, 5.74) is 3.01. The first kappa shape index (κ1) is 19.5. The molecular formula is C24H23NO3S. The number of carbonyl (C=O) groups is 2. The zero-order chi connectivity index (χ0) is 20.4. The van der Waals surface area contributed by atoms with Crippen molar-refractivity contribution in [3.63, 3.8) is 0 Å². The summed E-state index contributed by atoms with van der Waals surface area (Å²) >= 11 is 1.70. The van der Waals surface area contributed by atoms with Crippen LogP contribution in [0, 0.1) is 0 Å². The van der Waals surface area contributed by atoms with Crippen molar-refractivity contribution >= 4 is 40.1 Å². The van der Waals surface area contributed by atoms with Gasteiger partial charge in [-0.15, -0.1) is 11.8 Å². The Kier molecular flexibility index (Phi) is 5.58. The van der Waals surface area contributed by atoms with E-state index >= 15 is 0 Å². The van der Waals surface area contributed by atoms with Gasteiger partial charge in [0.25, 0.3) is 0 Å². The molecule has 0 saturated heterocycles. The van der Waals surface area contributed by atoms with E-state index in [1.165, 1.54) is 4.90 Å². The maximum absolute atomic E-state index is 13.1. The summed E-state index contributed by atoms with van der Waals surface area (Å²) < 4.78 is 5.10. The molecule has 0 spiro atoms. The van der Waals surface area contributed by atoms with Gasteiger partial charge in [0, 0.05) is 22.9 Å². The highest BCUT2D eigenvalue weighted by molar-refractivity contribution is 7.98. The summed E-state index contributed by atoms with van der Waals surface area (Å²) in [4.78, 5) is 28.0. The van der Waals surface area contributed by atoms with E-state index in [0.29, 0.717) is 13.0 Å². The largest absolute Gasteiger partial charge is 0.465 e. The number of amides is 1. The lowest BCUT2D eigenvalue weighted by Crippen LogP contribution is -2.41. The Balaban J connectivity index is 1.85. The quantitative estimate of drug-likeness (QED) is 0.443. The molecule has 0 N–H and O–H groups in total. The number of rotatable bonds is 5. The van der Waals surface area contributed by atoms with Gasteiger partial charge in [0.15, 0.2) is 0 Å². The summed E-state index contributed by atoms with van der Waals surface area (Å²) in [6, 6.07) is 20.6. The minimum atomic E-state index is -0.386. The summed E-state index contributed by atoms with van der Waals surface area (Å²) in [5.74, 6) is -0.486. The van der Waals surface area contributed by atoms with Crippen molar-refractivity contribution in [2.45, 2.75) is 24.2 Å². The average Bonchev–Trinajstić information content (AvgIpc) is 2.75. The molecule has 1 atom stereocenters. The van der Waals surface area contributed by atoms with Gasteiger partial charge in [0.1, 0.15) is 6.54 Å². The number of esters is 1. The Labute approximate surface area is 174 Å². The monoisotopic (exact) mass is 405 g/mol. The number of hydrogen-bond acceptors (Lipinski definition) is 4. The van der Waals surface area contributed by atoms with Crippen molar-refractivity contribution in [2.75, 3.05) is 24.3 Å². The first-order chi connectivity index (χ1) is 14.1. The lowest BCUT2D eigenvalue weighted by atomic mass is 9.81. The van der Waals surface area contributed by atoms with E-state index in [-0.39, 0.29) is 24.3 Å². The topological polar surface area (TPSA) is 46.6 Å². The molecule has 0 saturated carbocycles. The molecule has 3 aromatic carbocycles. The number of hydrogen-bond donors (Lipinski definition) is 0. The Morgan fingerprint density at radius 3 is 2.59 bits per heavy atom. The van der Waals surface area contributed by atoms with Crippen LogP contribution in [0.15, 0.2) is 65.6 Å². The van der Waals surface area contributed by atoms with Gasteiger partial charge in [-0.3, -0.25) is 9.59 Å². The number of ether oxygens (including phenoxy) is 1. The van der Waals surface area contributed by atoms with Crippen molar-refractivity contribution in [1.82, 2.24) is 0 Å². The minimum absolute atomic E-state index is 0.0436. The van der Waals surface area contributed by atoms with Gasteiger partial charge in [-0.05, 0) is 53.3 Å². The van der Waals surface area contributed by atoms with Gasteiger partial charge in [0.2, 0.25) is 5.91 Å². The highest BCUT2D eigenvalue weighted by Gasteiger charge is 2.34. The molecule has 0 radical (unpaired) electrons. The molecule has 1 heterocycles. The normalized spacial score (nSPS) is 16.0. The first-order valence-corrected chi connectivity index (χ1v) is 11.0. The molecule has 1 aliphatic heterocycles. The van der Waals surface area contributed by atoms with Crippen molar-refractivity contribution in [3.05, 3.63) is 71.8 Å². The molecular weight excluding hydrogens is 382 g/mol. The molecule has 0 bridgehead atoms. The molecule has 4 rings (SSSR count). The van der Waals surface area contributed by atoms with Gasteiger partial charge in [-0.25, -0.2) is 0 Å². The Bertz CT molecular complexity index is 1060. The fourth-order valence-electron chi connectivity index (χ4n) is 4.04. The number of fused-ring (bicyclic) bond motifs is 3. The van der Waals surface area contributed by atoms with Gasteiger partial charge in [0.05, 0.1) is 6.61 Å². The smallest absolute Gasteiger partial charge is 0.326 e. The molecule has 1 unspecified atom stereocenters. The number of benzene rings is 3. The number of nitrogens with zero attached hydrogens (tertiary/aromatic N) is 1. The number of carbonyl (C=O) groups excluding carboxylic acids is 2. The lowest BCUT2D eigenvalue weighted by Gasteiger charge is -2.35. The fraction of sp³-hybridized carbons (Fsp3) is 0.250. The van der Waals surface area contributed by atoms with Crippen LogP contribution in [0.25, 0.3) is 10.8 Å². The second-order valence-corrected chi connectivity index (χ2v) is 7.91. The van der Waals surface area contributed by atoms with Crippen LogP contribution < -0.4 is 4.90 Å². The minimum Gasteiger partial charge on any atom is -0.465 e. The summed E-state index contributed by atoms with van der Waals surface area (Å²) in [7, 11) is 0.